The number of carbonyl (C=O) groups is 1. The molecule has 5 nitrogen and oxygen atoms in total. The van der Waals surface area contributed by atoms with E-state index in [1.807, 2.05) is 20.8 Å². The lowest BCUT2D eigenvalue weighted by Crippen LogP contribution is -2.46. The molecule has 0 saturated carbocycles. The first kappa shape index (κ1) is 23.3. The summed E-state index contributed by atoms with van der Waals surface area (Å²) < 4.78 is 18.4. The van der Waals surface area contributed by atoms with E-state index in [9.17, 15) is 4.79 Å². The van der Waals surface area contributed by atoms with Crippen LogP contribution in [0.25, 0.3) is 0 Å². The Morgan fingerprint density at radius 2 is 1.89 bits per heavy atom. The number of rotatable bonds is 5. The molecule has 1 amide bonds. The third kappa shape index (κ3) is 5.32. The van der Waals surface area contributed by atoms with Crippen LogP contribution >= 0.6 is 0 Å². The molecule has 2 aliphatic heterocycles. The van der Waals surface area contributed by atoms with Gasteiger partial charge < -0.3 is 18.9 Å². The number of carbonyl (C=O) groups excluding carboxylic acids is 1. The highest BCUT2D eigenvalue weighted by atomic mass is 16.7. The summed E-state index contributed by atoms with van der Waals surface area (Å²) >= 11 is 0. The van der Waals surface area contributed by atoms with Crippen LogP contribution in [0.4, 0.5) is 4.79 Å². The van der Waals surface area contributed by atoms with E-state index in [4.69, 9.17) is 14.0 Å². The van der Waals surface area contributed by atoms with Gasteiger partial charge in [0.25, 0.3) is 0 Å². The van der Waals surface area contributed by atoms with Crippen LogP contribution in [0.3, 0.4) is 0 Å². The molecule has 2 aliphatic rings. The number of nitrogens with zero attached hydrogens (tertiary/aromatic N) is 1. The minimum atomic E-state index is -0.475. The van der Waals surface area contributed by atoms with E-state index in [0.717, 1.165) is 18.3 Å². The smallest absolute Gasteiger partial charge is 0.444 e. The second-order valence-electron chi connectivity index (χ2n) is 10.3. The Morgan fingerprint density at radius 3 is 2.39 bits per heavy atom. The Labute approximate surface area is 172 Å². The fourth-order valence-corrected chi connectivity index (χ4v) is 3.85. The summed E-state index contributed by atoms with van der Waals surface area (Å²) in [7, 11) is -0.329. The zero-order valence-electron chi connectivity index (χ0n) is 19.4. The first-order chi connectivity index (χ1) is 12.8. The number of hydrogen-bond donors (Lipinski definition) is 0. The summed E-state index contributed by atoms with van der Waals surface area (Å²) in [6, 6.07) is 0. The van der Waals surface area contributed by atoms with Crippen molar-refractivity contribution in [1.29, 1.82) is 0 Å². The molecular formula is C22H40BNO4. The average molecular weight is 393 g/mol. The Kier molecular flexibility index (Phi) is 6.97. The highest BCUT2D eigenvalue weighted by Gasteiger charge is 2.55. The average Bonchev–Trinajstić information content (AvgIpc) is 2.82. The van der Waals surface area contributed by atoms with Crippen molar-refractivity contribution in [1.82, 2.24) is 4.90 Å². The van der Waals surface area contributed by atoms with Crippen LogP contribution in [0.1, 0.15) is 81.6 Å². The molecule has 160 valence electrons. The van der Waals surface area contributed by atoms with E-state index in [1.54, 1.807) is 4.90 Å². The van der Waals surface area contributed by atoms with Crippen molar-refractivity contribution in [3.8, 4) is 0 Å². The lowest BCUT2D eigenvalue weighted by Gasteiger charge is -2.39. The monoisotopic (exact) mass is 393 g/mol. The number of hydrogen-bond acceptors (Lipinski definition) is 4. The third-order valence-corrected chi connectivity index (χ3v) is 6.57. The molecule has 0 spiro atoms. The molecule has 0 aromatic heterocycles. The lowest BCUT2D eigenvalue weighted by molar-refractivity contribution is -0.0303. The quantitative estimate of drug-likeness (QED) is 0.600. The summed E-state index contributed by atoms with van der Waals surface area (Å²) in [5.41, 5.74) is -0.0314. The first-order valence-corrected chi connectivity index (χ1v) is 10.8. The highest BCUT2D eigenvalue weighted by molar-refractivity contribution is 6.54. The standard InChI is InChI=1S/C22H40BNO4/c1-10-16(2)17(3)15-22(9)21(7,8)27-23(28-22)18-11-13-24(14-12-18)19(25)26-20(4,5)6/h11,16-17H,10,12-15H2,1-9H3. The first-order valence-electron chi connectivity index (χ1n) is 10.8. The van der Waals surface area contributed by atoms with Gasteiger partial charge in [-0.15, -0.1) is 0 Å². The van der Waals surface area contributed by atoms with Crippen LogP contribution in [0.5, 0.6) is 0 Å². The normalized spacial score (nSPS) is 27.4. The van der Waals surface area contributed by atoms with Crippen molar-refractivity contribution in [3.63, 3.8) is 0 Å². The van der Waals surface area contributed by atoms with E-state index in [0.29, 0.717) is 24.9 Å². The van der Waals surface area contributed by atoms with Gasteiger partial charge >= 0.3 is 13.2 Å². The molecule has 6 heteroatoms. The van der Waals surface area contributed by atoms with E-state index in [-0.39, 0.29) is 24.4 Å². The summed E-state index contributed by atoms with van der Waals surface area (Å²) in [4.78, 5) is 14.0. The molecule has 28 heavy (non-hydrogen) atoms. The number of amides is 1. The lowest BCUT2D eigenvalue weighted by atomic mass is 9.74. The van der Waals surface area contributed by atoms with Gasteiger partial charge in [-0.2, -0.15) is 0 Å². The third-order valence-electron chi connectivity index (χ3n) is 6.57. The zero-order valence-corrected chi connectivity index (χ0v) is 19.4. The summed E-state index contributed by atoms with van der Waals surface area (Å²) in [6.07, 6.45) is 4.70. The van der Waals surface area contributed by atoms with Gasteiger partial charge in [0.15, 0.2) is 0 Å². The molecule has 2 heterocycles. The molecule has 2 rings (SSSR count). The van der Waals surface area contributed by atoms with Gasteiger partial charge in [0.05, 0.1) is 11.2 Å². The fourth-order valence-electron chi connectivity index (χ4n) is 3.85. The van der Waals surface area contributed by atoms with E-state index in [1.165, 1.54) is 6.42 Å². The molecule has 1 fully saturated rings. The second kappa shape index (κ2) is 8.39. The Hall–Kier alpha value is -1.01. The molecule has 0 bridgehead atoms. The molecule has 0 aliphatic carbocycles. The summed E-state index contributed by atoms with van der Waals surface area (Å²) in [5, 5.41) is 0. The topological polar surface area (TPSA) is 48.0 Å². The van der Waals surface area contributed by atoms with Crippen molar-refractivity contribution < 1.29 is 18.8 Å². The zero-order chi connectivity index (χ0) is 21.3. The van der Waals surface area contributed by atoms with Crippen LogP contribution in [-0.2, 0) is 14.0 Å². The van der Waals surface area contributed by atoms with Crippen molar-refractivity contribution >= 4 is 13.2 Å². The largest absolute Gasteiger partial charge is 0.490 e. The molecule has 0 aromatic rings. The predicted molar refractivity (Wildman–Crippen MR) is 114 cm³/mol. The van der Waals surface area contributed by atoms with Gasteiger partial charge in [-0.05, 0) is 71.7 Å². The van der Waals surface area contributed by atoms with Crippen molar-refractivity contribution in [2.24, 2.45) is 11.8 Å². The van der Waals surface area contributed by atoms with Crippen LogP contribution < -0.4 is 0 Å². The van der Waals surface area contributed by atoms with E-state index in [2.05, 4.69) is 47.6 Å². The van der Waals surface area contributed by atoms with Gasteiger partial charge in [0.1, 0.15) is 5.60 Å². The van der Waals surface area contributed by atoms with Crippen LogP contribution in [-0.4, -0.2) is 48.0 Å². The minimum Gasteiger partial charge on any atom is -0.444 e. The van der Waals surface area contributed by atoms with E-state index < -0.39 is 5.60 Å². The molecular weight excluding hydrogens is 353 g/mol. The maximum atomic E-state index is 12.3. The minimum absolute atomic E-state index is 0.261. The van der Waals surface area contributed by atoms with E-state index >= 15 is 0 Å². The Bertz CT molecular complexity index is 598. The van der Waals surface area contributed by atoms with Crippen molar-refractivity contribution in [2.75, 3.05) is 13.1 Å². The maximum absolute atomic E-state index is 12.3. The fraction of sp³-hybridized carbons (Fsp3) is 0.864. The van der Waals surface area contributed by atoms with Gasteiger partial charge in [-0.3, -0.25) is 0 Å². The van der Waals surface area contributed by atoms with Crippen molar-refractivity contribution in [3.05, 3.63) is 11.5 Å². The number of ether oxygens (including phenoxy) is 1. The van der Waals surface area contributed by atoms with Gasteiger partial charge in [0.2, 0.25) is 0 Å². The highest BCUT2D eigenvalue weighted by Crippen LogP contribution is 2.44. The summed E-state index contributed by atoms with van der Waals surface area (Å²) in [6.45, 7) is 20.1. The van der Waals surface area contributed by atoms with Crippen LogP contribution in [0.15, 0.2) is 11.5 Å². The Morgan fingerprint density at radius 1 is 1.25 bits per heavy atom. The van der Waals surface area contributed by atoms with Gasteiger partial charge in [0, 0.05) is 13.1 Å². The Balaban J connectivity index is 2.03. The molecule has 0 radical (unpaired) electrons. The second-order valence-corrected chi connectivity index (χ2v) is 10.3. The van der Waals surface area contributed by atoms with Crippen molar-refractivity contribution in [2.45, 2.75) is 98.4 Å². The molecule has 0 aromatic carbocycles. The van der Waals surface area contributed by atoms with Crippen LogP contribution in [0, 0.1) is 11.8 Å². The summed E-state index contributed by atoms with van der Waals surface area (Å²) in [5.74, 6) is 1.23. The molecule has 3 atom stereocenters. The predicted octanol–water partition coefficient (Wildman–Crippen LogP) is 5.24. The maximum Gasteiger partial charge on any atom is 0.490 e. The van der Waals surface area contributed by atoms with Gasteiger partial charge in [-0.25, -0.2) is 4.79 Å². The van der Waals surface area contributed by atoms with Gasteiger partial charge in [-0.1, -0.05) is 33.3 Å². The van der Waals surface area contributed by atoms with Crippen LogP contribution in [0.2, 0.25) is 0 Å². The molecule has 3 unspecified atom stereocenters. The molecule has 1 saturated heterocycles. The molecule has 0 N–H and O–H groups in total. The SMILES string of the molecule is CCC(C)C(C)CC1(C)OB(C2=CCN(C(=O)OC(C)(C)C)CC2)OC1(C)C.